The van der Waals surface area contributed by atoms with Gasteiger partial charge in [0.25, 0.3) is 11.5 Å². The summed E-state index contributed by atoms with van der Waals surface area (Å²) in [5, 5.41) is 8.64. The van der Waals surface area contributed by atoms with E-state index in [1.165, 1.54) is 34.2 Å². The van der Waals surface area contributed by atoms with Crippen LogP contribution in [0.5, 0.6) is 5.75 Å². The first-order valence-electron chi connectivity index (χ1n) is 13.5. The van der Waals surface area contributed by atoms with Gasteiger partial charge in [-0.25, -0.2) is 18.9 Å². The molecule has 3 N–H and O–H groups in total. The Hall–Kier alpha value is -3.68. The van der Waals surface area contributed by atoms with Gasteiger partial charge in [0, 0.05) is 51.2 Å². The molecule has 0 unspecified atom stereocenters. The number of aryl methyl sites for hydroxylation is 2. The van der Waals surface area contributed by atoms with Crippen molar-refractivity contribution in [3.63, 3.8) is 0 Å². The highest BCUT2D eigenvalue weighted by atomic mass is 32.2. The second-order valence-corrected chi connectivity index (χ2v) is 11.5. The molecule has 3 aromatic rings. The van der Waals surface area contributed by atoms with E-state index in [2.05, 4.69) is 11.9 Å². The molecule has 1 saturated heterocycles. The van der Waals surface area contributed by atoms with Gasteiger partial charge in [0.2, 0.25) is 10.0 Å². The van der Waals surface area contributed by atoms with Gasteiger partial charge in [0.1, 0.15) is 17.1 Å². The van der Waals surface area contributed by atoms with Crippen LogP contribution in [-0.4, -0.2) is 76.1 Å². The molecule has 13 heteroatoms. The molecular formula is C27H36N6O6S. The van der Waals surface area contributed by atoms with Crippen molar-refractivity contribution < 1.29 is 23.2 Å². The Morgan fingerprint density at radius 2 is 1.93 bits per heavy atom. The number of benzene rings is 1. The number of fused-ring (bicyclic) bond motifs is 1. The van der Waals surface area contributed by atoms with Gasteiger partial charge < -0.3 is 19.2 Å². The number of sulfonamides is 1. The quantitative estimate of drug-likeness (QED) is 0.180. The summed E-state index contributed by atoms with van der Waals surface area (Å²) in [6, 6.07) is 4.63. The maximum atomic E-state index is 13.6. The highest BCUT2D eigenvalue weighted by molar-refractivity contribution is 7.89. The third-order valence-corrected chi connectivity index (χ3v) is 8.68. The van der Waals surface area contributed by atoms with E-state index in [0.29, 0.717) is 48.6 Å². The average Bonchev–Trinajstić information content (AvgIpc) is 3.33. The van der Waals surface area contributed by atoms with Crippen molar-refractivity contribution in [2.75, 3.05) is 32.8 Å². The zero-order valence-electron chi connectivity index (χ0n) is 23.0. The Morgan fingerprint density at radius 3 is 2.58 bits per heavy atom. The van der Waals surface area contributed by atoms with E-state index >= 15 is 0 Å². The Morgan fingerprint density at radius 1 is 1.18 bits per heavy atom. The Balaban J connectivity index is 1.72. The van der Waals surface area contributed by atoms with Crippen LogP contribution in [0.4, 0.5) is 0 Å². The lowest BCUT2D eigenvalue weighted by atomic mass is 10.1. The number of piperazine rings is 1. The number of ether oxygens (including phenoxy) is 1. The van der Waals surface area contributed by atoms with Crippen molar-refractivity contribution in [1.29, 1.82) is 0 Å². The van der Waals surface area contributed by atoms with Crippen LogP contribution < -0.4 is 15.8 Å². The van der Waals surface area contributed by atoms with Crippen LogP contribution in [0.2, 0.25) is 0 Å². The van der Waals surface area contributed by atoms with Crippen LogP contribution >= 0.6 is 0 Å². The number of H-pyrrole nitrogens is 1. The van der Waals surface area contributed by atoms with E-state index in [4.69, 9.17) is 14.9 Å². The second-order valence-electron chi connectivity index (χ2n) is 9.54. The molecule has 4 rings (SSSR count). The summed E-state index contributed by atoms with van der Waals surface area (Å²) in [5.74, 6) is 0.0298. The summed E-state index contributed by atoms with van der Waals surface area (Å²) in [5.41, 5.74) is 3.70. The summed E-state index contributed by atoms with van der Waals surface area (Å²) >= 11 is 0. The van der Waals surface area contributed by atoms with E-state index in [1.807, 2.05) is 24.6 Å². The number of carbonyl (C=O) groups is 1. The number of amides is 1. The molecule has 40 heavy (non-hydrogen) atoms. The van der Waals surface area contributed by atoms with Gasteiger partial charge in [0.15, 0.2) is 0 Å². The standard InChI is InChI=1S/C27H36N6O6S/c1-4-7-19-18-32(6-3)25-24(19)28-26(29-27(25)35)21-17-20(8-9-22(21)39-16-5-2)40(37,38)33-14-12-31(13-15-33)11-10-23(34)30-36/h8-11,17-18,36H,4-7,12-16H2,1-3H3,(H,30,34)(H,28,29,35)/b11-10+. The molecule has 0 saturated carbocycles. The van der Waals surface area contributed by atoms with Gasteiger partial charge in [-0.2, -0.15) is 4.31 Å². The van der Waals surface area contributed by atoms with Gasteiger partial charge in [-0.05, 0) is 43.5 Å². The monoisotopic (exact) mass is 572 g/mol. The number of carbonyl (C=O) groups excluding carboxylic acids is 1. The molecule has 12 nitrogen and oxygen atoms in total. The first kappa shape index (κ1) is 29.3. The molecular weight excluding hydrogens is 536 g/mol. The lowest BCUT2D eigenvalue weighted by Crippen LogP contribution is -2.46. The summed E-state index contributed by atoms with van der Waals surface area (Å²) in [6.45, 7) is 8.22. The lowest BCUT2D eigenvalue weighted by molar-refractivity contribution is -0.124. The smallest absolute Gasteiger partial charge is 0.275 e. The number of aromatic nitrogens is 3. The van der Waals surface area contributed by atoms with Crippen molar-refractivity contribution in [3.8, 4) is 17.1 Å². The maximum Gasteiger partial charge on any atom is 0.275 e. The van der Waals surface area contributed by atoms with Crippen molar-refractivity contribution in [2.45, 2.75) is 51.5 Å². The van der Waals surface area contributed by atoms with E-state index in [0.717, 1.165) is 24.8 Å². The zero-order valence-corrected chi connectivity index (χ0v) is 23.8. The molecule has 1 aliphatic heterocycles. The first-order chi connectivity index (χ1) is 19.2. The van der Waals surface area contributed by atoms with Crippen LogP contribution in [0, 0.1) is 0 Å². The van der Waals surface area contributed by atoms with Gasteiger partial charge in [-0.3, -0.25) is 14.8 Å². The Labute approximate surface area is 233 Å². The van der Waals surface area contributed by atoms with E-state index < -0.39 is 15.9 Å². The van der Waals surface area contributed by atoms with E-state index in [1.54, 1.807) is 11.0 Å². The first-order valence-corrected chi connectivity index (χ1v) is 14.9. The number of nitrogens with one attached hydrogen (secondary N) is 2. The minimum Gasteiger partial charge on any atom is -0.493 e. The zero-order chi connectivity index (χ0) is 28.9. The van der Waals surface area contributed by atoms with Crippen LogP contribution in [0.25, 0.3) is 22.4 Å². The topological polar surface area (TPSA) is 150 Å². The highest BCUT2D eigenvalue weighted by Gasteiger charge is 2.29. The molecule has 1 aromatic carbocycles. The van der Waals surface area contributed by atoms with Crippen LogP contribution in [0.1, 0.15) is 39.2 Å². The van der Waals surface area contributed by atoms with Crippen LogP contribution in [0.15, 0.2) is 46.4 Å². The average molecular weight is 573 g/mol. The van der Waals surface area contributed by atoms with Gasteiger partial charge in [-0.1, -0.05) is 20.3 Å². The van der Waals surface area contributed by atoms with Crippen molar-refractivity contribution in [1.82, 2.24) is 29.2 Å². The SMILES string of the molecule is CCCOc1ccc(S(=O)(=O)N2CCN(/C=C/C(=O)NO)CC2)cc1-c1nc2c(CCC)cn(CC)c2c(=O)[nH]1. The molecule has 0 bridgehead atoms. The van der Waals surface area contributed by atoms with Crippen molar-refractivity contribution in [2.24, 2.45) is 0 Å². The number of aromatic amines is 1. The molecule has 0 atom stereocenters. The van der Waals surface area contributed by atoms with Gasteiger partial charge in [-0.15, -0.1) is 0 Å². The van der Waals surface area contributed by atoms with Gasteiger partial charge in [0.05, 0.1) is 22.6 Å². The third-order valence-electron chi connectivity index (χ3n) is 6.78. The minimum atomic E-state index is -3.87. The Kier molecular flexibility index (Phi) is 9.28. The third kappa shape index (κ3) is 6.06. The summed E-state index contributed by atoms with van der Waals surface area (Å²) in [4.78, 5) is 34.0. The minimum absolute atomic E-state index is 0.0673. The molecule has 1 fully saturated rings. The van der Waals surface area contributed by atoms with Gasteiger partial charge >= 0.3 is 0 Å². The van der Waals surface area contributed by atoms with E-state index in [-0.39, 0.29) is 29.4 Å². The van der Waals surface area contributed by atoms with Crippen LogP contribution in [-0.2, 0) is 27.8 Å². The predicted molar refractivity (Wildman–Crippen MR) is 151 cm³/mol. The lowest BCUT2D eigenvalue weighted by Gasteiger charge is -2.33. The fraction of sp³-hybridized carbons (Fsp3) is 0.444. The molecule has 1 amide bonds. The van der Waals surface area contributed by atoms with E-state index in [9.17, 15) is 18.0 Å². The second kappa shape index (κ2) is 12.7. The molecule has 2 aromatic heterocycles. The summed E-state index contributed by atoms with van der Waals surface area (Å²) < 4.78 is 36.5. The number of nitrogens with zero attached hydrogens (tertiary/aromatic N) is 4. The maximum absolute atomic E-state index is 13.6. The number of hydrogen-bond acceptors (Lipinski definition) is 8. The molecule has 216 valence electrons. The fourth-order valence-corrected chi connectivity index (χ4v) is 6.19. The van der Waals surface area contributed by atoms with Crippen LogP contribution in [0.3, 0.4) is 0 Å². The largest absolute Gasteiger partial charge is 0.493 e. The number of hydroxylamine groups is 1. The molecule has 0 radical (unpaired) electrons. The number of hydrogen-bond donors (Lipinski definition) is 3. The summed E-state index contributed by atoms with van der Waals surface area (Å²) in [7, 11) is -3.87. The molecule has 0 spiro atoms. The summed E-state index contributed by atoms with van der Waals surface area (Å²) in [6.07, 6.45) is 7.06. The number of rotatable bonds is 11. The fourth-order valence-electron chi connectivity index (χ4n) is 4.75. The highest BCUT2D eigenvalue weighted by Crippen LogP contribution is 2.33. The molecule has 3 heterocycles. The molecule has 1 aliphatic rings. The Bertz CT molecular complexity index is 1550. The van der Waals surface area contributed by atoms with Crippen molar-refractivity contribution >= 4 is 27.0 Å². The normalized spacial score (nSPS) is 14.8. The molecule has 0 aliphatic carbocycles. The van der Waals surface area contributed by atoms with Crippen molar-refractivity contribution in [3.05, 3.63) is 52.6 Å². The predicted octanol–water partition coefficient (Wildman–Crippen LogP) is 2.48.